The van der Waals surface area contributed by atoms with Crippen LogP contribution in [-0.4, -0.2) is 73.3 Å². The van der Waals surface area contributed by atoms with Crippen LogP contribution in [0.4, 0.5) is 11.6 Å². The van der Waals surface area contributed by atoms with Crippen LogP contribution in [0.25, 0.3) is 6.08 Å². The van der Waals surface area contributed by atoms with E-state index in [4.69, 9.17) is 4.74 Å². The van der Waals surface area contributed by atoms with E-state index in [1.54, 1.807) is 12.4 Å². The Morgan fingerprint density at radius 2 is 1.62 bits per heavy atom. The monoisotopic (exact) mass is 393 g/mol. The highest BCUT2D eigenvalue weighted by Gasteiger charge is 2.22. The van der Waals surface area contributed by atoms with E-state index in [-0.39, 0.29) is 5.91 Å². The summed E-state index contributed by atoms with van der Waals surface area (Å²) in [4.78, 5) is 27.8. The molecular weight excluding hydrogens is 366 g/mol. The van der Waals surface area contributed by atoms with Crippen LogP contribution in [0.1, 0.15) is 11.1 Å². The maximum atomic E-state index is 12.6. The smallest absolute Gasteiger partial charge is 0.246 e. The molecule has 2 aliphatic heterocycles. The number of nitrogens with zero attached hydrogens (tertiary/aromatic N) is 5. The number of aryl methyl sites for hydroxylation is 1. The third kappa shape index (κ3) is 4.74. The second-order valence-corrected chi connectivity index (χ2v) is 7.34. The molecule has 0 aliphatic carbocycles. The molecule has 0 unspecified atom stereocenters. The van der Waals surface area contributed by atoms with Crippen molar-refractivity contribution in [3.05, 3.63) is 53.9 Å². The van der Waals surface area contributed by atoms with Crippen molar-refractivity contribution in [1.29, 1.82) is 0 Å². The number of amides is 1. The second kappa shape index (κ2) is 9.05. The van der Waals surface area contributed by atoms with Gasteiger partial charge in [0.15, 0.2) is 0 Å². The molecule has 4 rings (SSSR count). The highest BCUT2D eigenvalue weighted by Crippen LogP contribution is 2.20. The number of aromatic nitrogens is 2. The number of carbonyl (C=O) groups excluding carboxylic acids is 1. The molecular formula is C22H27N5O2. The Bertz CT molecular complexity index is 871. The fraction of sp³-hybridized carbons (Fsp3) is 0.409. The van der Waals surface area contributed by atoms with Gasteiger partial charge in [-0.25, -0.2) is 9.97 Å². The molecule has 2 saturated heterocycles. The normalized spacial score (nSPS) is 17.8. The summed E-state index contributed by atoms with van der Waals surface area (Å²) in [6.45, 7) is 8.13. The summed E-state index contributed by atoms with van der Waals surface area (Å²) in [5.41, 5.74) is 2.25. The molecule has 3 heterocycles. The zero-order valence-corrected chi connectivity index (χ0v) is 16.8. The predicted octanol–water partition coefficient (Wildman–Crippen LogP) is 1.98. The number of hydrogen-bond donors (Lipinski definition) is 0. The third-order valence-electron chi connectivity index (χ3n) is 5.48. The van der Waals surface area contributed by atoms with E-state index < -0.39 is 0 Å². The molecule has 152 valence electrons. The Hall–Kier alpha value is -2.93. The van der Waals surface area contributed by atoms with Crippen LogP contribution in [0.2, 0.25) is 0 Å². The zero-order chi connectivity index (χ0) is 20.1. The molecule has 1 aromatic carbocycles. The Labute approximate surface area is 171 Å². The number of hydrogen-bond acceptors (Lipinski definition) is 6. The highest BCUT2D eigenvalue weighted by molar-refractivity contribution is 5.92. The maximum Gasteiger partial charge on any atom is 0.246 e. The Balaban J connectivity index is 1.34. The summed E-state index contributed by atoms with van der Waals surface area (Å²) < 4.78 is 5.42. The van der Waals surface area contributed by atoms with Crippen LogP contribution >= 0.6 is 0 Å². The van der Waals surface area contributed by atoms with Crippen LogP contribution in [0.3, 0.4) is 0 Å². The van der Waals surface area contributed by atoms with Crippen LogP contribution < -0.4 is 9.80 Å². The van der Waals surface area contributed by atoms with Gasteiger partial charge < -0.3 is 19.4 Å². The average molecular weight is 393 g/mol. The predicted molar refractivity (Wildman–Crippen MR) is 114 cm³/mol. The maximum absolute atomic E-state index is 12.6. The Kier molecular flexibility index (Phi) is 6.05. The van der Waals surface area contributed by atoms with Gasteiger partial charge in [0.1, 0.15) is 18.0 Å². The van der Waals surface area contributed by atoms with E-state index in [0.717, 1.165) is 56.6 Å². The molecule has 0 spiro atoms. The highest BCUT2D eigenvalue weighted by atomic mass is 16.5. The lowest BCUT2D eigenvalue weighted by molar-refractivity contribution is -0.126. The molecule has 29 heavy (non-hydrogen) atoms. The summed E-state index contributed by atoms with van der Waals surface area (Å²) in [7, 11) is 0. The topological polar surface area (TPSA) is 61.8 Å². The lowest BCUT2D eigenvalue weighted by Gasteiger charge is -2.35. The van der Waals surface area contributed by atoms with Gasteiger partial charge in [0.05, 0.1) is 13.2 Å². The molecule has 0 saturated carbocycles. The number of carbonyl (C=O) groups is 1. The lowest BCUT2D eigenvalue weighted by Crippen LogP contribution is -2.48. The van der Waals surface area contributed by atoms with Crippen LogP contribution in [0.15, 0.2) is 42.7 Å². The first kappa shape index (κ1) is 19.4. The lowest BCUT2D eigenvalue weighted by atomic mass is 10.1. The van der Waals surface area contributed by atoms with Crippen molar-refractivity contribution in [2.24, 2.45) is 0 Å². The number of anilines is 2. The van der Waals surface area contributed by atoms with Crippen LogP contribution in [0, 0.1) is 6.92 Å². The molecule has 1 amide bonds. The molecule has 2 fully saturated rings. The van der Waals surface area contributed by atoms with E-state index >= 15 is 0 Å². The van der Waals surface area contributed by atoms with Crippen molar-refractivity contribution in [3.8, 4) is 0 Å². The van der Waals surface area contributed by atoms with Crippen molar-refractivity contribution in [1.82, 2.24) is 14.9 Å². The Morgan fingerprint density at radius 1 is 0.966 bits per heavy atom. The van der Waals surface area contributed by atoms with E-state index in [1.165, 1.54) is 5.56 Å². The number of morpholine rings is 1. The van der Waals surface area contributed by atoms with Gasteiger partial charge in [0.2, 0.25) is 5.91 Å². The second-order valence-electron chi connectivity index (χ2n) is 7.34. The van der Waals surface area contributed by atoms with Crippen molar-refractivity contribution >= 4 is 23.6 Å². The number of ether oxygens (including phenoxy) is 1. The summed E-state index contributed by atoms with van der Waals surface area (Å²) >= 11 is 0. The molecule has 0 bridgehead atoms. The molecule has 1 aromatic heterocycles. The standard InChI is InChI=1S/C22H27N5O2/c1-18-4-2-3-5-19(18)6-7-22(28)27-10-8-25(9-11-27)20-16-21(24-17-23-20)26-12-14-29-15-13-26/h2-7,16-17H,8-15H2,1H3/b7-6+. The van der Waals surface area contributed by atoms with Crippen LogP contribution in [0.5, 0.6) is 0 Å². The average Bonchev–Trinajstić information content (AvgIpc) is 2.79. The summed E-state index contributed by atoms with van der Waals surface area (Å²) in [5, 5.41) is 0. The first-order chi connectivity index (χ1) is 14.2. The number of rotatable bonds is 4. The first-order valence-electron chi connectivity index (χ1n) is 10.1. The van der Waals surface area contributed by atoms with E-state index in [2.05, 4.69) is 32.8 Å². The van der Waals surface area contributed by atoms with Crippen molar-refractivity contribution in [2.75, 3.05) is 62.3 Å². The van der Waals surface area contributed by atoms with Gasteiger partial charge >= 0.3 is 0 Å². The van der Waals surface area contributed by atoms with Gasteiger partial charge in [0.25, 0.3) is 0 Å². The quantitative estimate of drug-likeness (QED) is 0.741. The number of benzene rings is 1. The SMILES string of the molecule is Cc1ccccc1/C=C/C(=O)N1CCN(c2cc(N3CCOCC3)ncn2)CC1. The minimum absolute atomic E-state index is 0.0598. The van der Waals surface area contributed by atoms with Gasteiger partial charge in [-0.05, 0) is 24.1 Å². The fourth-order valence-corrected chi connectivity index (χ4v) is 3.67. The molecule has 0 radical (unpaired) electrons. The molecule has 7 nitrogen and oxygen atoms in total. The molecule has 0 atom stereocenters. The minimum Gasteiger partial charge on any atom is -0.378 e. The largest absolute Gasteiger partial charge is 0.378 e. The number of piperazine rings is 1. The Morgan fingerprint density at radius 3 is 2.31 bits per heavy atom. The molecule has 7 heteroatoms. The van der Waals surface area contributed by atoms with Gasteiger partial charge in [-0.3, -0.25) is 4.79 Å². The summed E-state index contributed by atoms with van der Waals surface area (Å²) in [6.07, 6.45) is 5.21. The molecule has 2 aliphatic rings. The van der Waals surface area contributed by atoms with Crippen molar-refractivity contribution in [2.45, 2.75) is 6.92 Å². The van der Waals surface area contributed by atoms with E-state index in [0.29, 0.717) is 13.1 Å². The van der Waals surface area contributed by atoms with Gasteiger partial charge in [-0.1, -0.05) is 24.3 Å². The van der Waals surface area contributed by atoms with Gasteiger partial charge in [-0.2, -0.15) is 0 Å². The zero-order valence-electron chi connectivity index (χ0n) is 16.8. The van der Waals surface area contributed by atoms with Crippen molar-refractivity contribution in [3.63, 3.8) is 0 Å². The van der Waals surface area contributed by atoms with Gasteiger partial charge in [-0.15, -0.1) is 0 Å². The van der Waals surface area contributed by atoms with Gasteiger partial charge in [0, 0.05) is 51.4 Å². The third-order valence-corrected chi connectivity index (χ3v) is 5.48. The first-order valence-corrected chi connectivity index (χ1v) is 10.1. The van der Waals surface area contributed by atoms with E-state index in [1.807, 2.05) is 35.2 Å². The minimum atomic E-state index is 0.0598. The van der Waals surface area contributed by atoms with Crippen molar-refractivity contribution < 1.29 is 9.53 Å². The summed E-state index contributed by atoms with van der Waals surface area (Å²) in [5.74, 6) is 1.92. The van der Waals surface area contributed by atoms with E-state index in [9.17, 15) is 4.79 Å². The van der Waals surface area contributed by atoms with Crippen LogP contribution in [-0.2, 0) is 9.53 Å². The molecule has 0 N–H and O–H groups in total. The molecule has 2 aromatic rings. The fourth-order valence-electron chi connectivity index (χ4n) is 3.67. The summed E-state index contributed by atoms with van der Waals surface area (Å²) in [6, 6.07) is 10.1.